The molecule has 1 atom stereocenters. The Hall–Kier alpha value is -2.24. The zero-order chi connectivity index (χ0) is 25.9. The van der Waals surface area contributed by atoms with Crippen LogP contribution in [0.1, 0.15) is 59.1 Å². The summed E-state index contributed by atoms with van der Waals surface area (Å²) in [7, 11) is -7.77. The molecule has 2 heterocycles. The monoisotopic (exact) mass is 511 g/mol. The normalized spacial score (nSPS) is 20.7. The molecule has 0 saturated heterocycles. The Morgan fingerprint density at radius 3 is 2.29 bits per heavy atom. The Morgan fingerprint density at radius 2 is 1.76 bits per heavy atom. The van der Waals surface area contributed by atoms with Crippen molar-refractivity contribution in [2.24, 2.45) is 15.2 Å². The summed E-state index contributed by atoms with van der Waals surface area (Å²) in [5, 5.41) is 11.2. The van der Waals surface area contributed by atoms with E-state index < -0.39 is 37.4 Å². The van der Waals surface area contributed by atoms with Gasteiger partial charge in [0.15, 0.2) is 0 Å². The van der Waals surface area contributed by atoms with Crippen molar-refractivity contribution >= 4 is 31.7 Å². The highest BCUT2D eigenvalue weighted by Crippen LogP contribution is 2.41. The molecule has 0 aliphatic carbocycles. The zero-order valence-electron chi connectivity index (χ0n) is 20.6. The van der Waals surface area contributed by atoms with Gasteiger partial charge in [-0.25, -0.2) is 13.1 Å². The Bertz CT molecular complexity index is 1300. The second-order valence-corrected chi connectivity index (χ2v) is 14.5. The van der Waals surface area contributed by atoms with Crippen molar-refractivity contribution in [1.29, 1.82) is 0 Å². The molecule has 1 amide bonds. The predicted octanol–water partition coefficient (Wildman–Crippen LogP) is 2.73. The van der Waals surface area contributed by atoms with Crippen LogP contribution in [-0.4, -0.2) is 57.3 Å². The highest BCUT2D eigenvalue weighted by molar-refractivity contribution is 7.91. The fourth-order valence-corrected chi connectivity index (χ4v) is 6.11. The average Bonchev–Trinajstić information content (AvgIpc) is 3.06. The number of carbonyl (C=O) groups excluding carboxylic acids is 1. The Morgan fingerprint density at radius 1 is 1.15 bits per heavy atom. The first-order valence-corrected chi connectivity index (χ1v) is 14.3. The maximum atomic E-state index is 13.6. The van der Waals surface area contributed by atoms with Gasteiger partial charge in [-0.2, -0.15) is 12.8 Å². The van der Waals surface area contributed by atoms with Crippen molar-refractivity contribution in [2.75, 3.05) is 12.8 Å². The van der Waals surface area contributed by atoms with E-state index in [1.165, 1.54) is 12.1 Å². The lowest BCUT2D eigenvalue weighted by molar-refractivity contribution is -0.128. The van der Waals surface area contributed by atoms with Crippen LogP contribution in [0.15, 0.2) is 38.8 Å². The quantitative estimate of drug-likeness (QED) is 0.603. The van der Waals surface area contributed by atoms with Crippen LogP contribution in [0.2, 0.25) is 0 Å². The number of nitrogens with one attached hydrogen (secondary N) is 1. The van der Waals surface area contributed by atoms with Crippen molar-refractivity contribution in [1.82, 2.24) is 9.62 Å². The van der Waals surface area contributed by atoms with Gasteiger partial charge in [-0.05, 0) is 22.8 Å². The van der Waals surface area contributed by atoms with E-state index in [0.717, 1.165) is 6.26 Å². The molecular weight excluding hydrogens is 478 g/mol. The smallest absolute Gasteiger partial charge is 0.283 e. The van der Waals surface area contributed by atoms with E-state index in [9.17, 15) is 26.7 Å². The standard InChI is InChI=1S/C23H33N3O6S2/c1-22(2,3)11-12-26-20(23(4,5)6)18(27)16(21(26)28)17-15-10-8-9-14(13-24-33(7,29)30)19(15)34(31,32)25-17/h8-10,20,24,27H,11-13H2,1-7H3/t20-/m1/s1. The molecule has 0 aromatic heterocycles. The number of hydrogen-bond donors (Lipinski definition) is 2. The fourth-order valence-electron chi connectivity index (χ4n) is 4.26. The van der Waals surface area contributed by atoms with Gasteiger partial charge in [-0.1, -0.05) is 59.7 Å². The molecule has 3 rings (SSSR count). The third-order valence-corrected chi connectivity index (χ3v) is 7.90. The number of hydrogen-bond acceptors (Lipinski definition) is 6. The summed E-state index contributed by atoms with van der Waals surface area (Å²) in [5.41, 5.74) is -0.405. The number of fused-ring (bicyclic) bond motifs is 1. The molecule has 2 aliphatic heterocycles. The van der Waals surface area contributed by atoms with Gasteiger partial charge in [-0.3, -0.25) is 4.79 Å². The maximum Gasteiger partial charge on any atom is 0.283 e. The summed E-state index contributed by atoms with van der Waals surface area (Å²) in [5.74, 6) is -0.670. The minimum Gasteiger partial charge on any atom is -0.509 e. The summed E-state index contributed by atoms with van der Waals surface area (Å²) in [6, 6.07) is 3.94. The van der Waals surface area contributed by atoms with Crippen LogP contribution in [-0.2, 0) is 31.4 Å². The summed E-state index contributed by atoms with van der Waals surface area (Å²) < 4.78 is 55.3. The molecule has 1 aromatic carbocycles. The Balaban J connectivity index is 2.12. The number of carbonyl (C=O) groups is 1. The van der Waals surface area contributed by atoms with E-state index in [2.05, 4.69) is 29.9 Å². The number of rotatable bonds is 6. The topological polar surface area (TPSA) is 133 Å². The van der Waals surface area contributed by atoms with Crippen LogP contribution < -0.4 is 4.72 Å². The summed E-state index contributed by atoms with van der Waals surface area (Å²) in [4.78, 5) is 15.0. The molecule has 0 unspecified atom stereocenters. The minimum atomic E-state index is -4.21. The first-order chi connectivity index (χ1) is 15.3. The zero-order valence-corrected chi connectivity index (χ0v) is 22.3. The molecule has 1 aromatic rings. The number of nitrogens with zero attached hydrogens (tertiary/aromatic N) is 2. The second-order valence-electron chi connectivity index (χ2n) is 11.1. The molecule has 0 spiro atoms. The van der Waals surface area contributed by atoms with Crippen LogP contribution in [0.25, 0.3) is 0 Å². The van der Waals surface area contributed by atoms with E-state index in [1.807, 2.05) is 20.8 Å². The maximum absolute atomic E-state index is 13.6. The van der Waals surface area contributed by atoms with Crippen LogP contribution in [0.5, 0.6) is 0 Å². The lowest BCUT2D eigenvalue weighted by atomic mass is 9.84. The van der Waals surface area contributed by atoms with Gasteiger partial charge in [0.2, 0.25) is 10.0 Å². The molecule has 188 valence electrons. The predicted molar refractivity (Wildman–Crippen MR) is 131 cm³/mol. The Labute approximate surface area is 202 Å². The van der Waals surface area contributed by atoms with E-state index in [1.54, 1.807) is 11.0 Å². The highest BCUT2D eigenvalue weighted by atomic mass is 32.2. The van der Waals surface area contributed by atoms with Gasteiger partial charge < -0.3 is 10.0 Å². The molecule has 11 heteroatoms. The van der Waals surface area contributed by atoms with Gasteiger partial charge in [-0.15, -0.1) is 0 Å². The first-order valence-electron chi connectivity index (χ1n) is 11.0. The molecule has 0 radical (unpaired) electrons. The Kier molecular flexibility index (Phi) is 6.56. The molecule has 2 N–H and O–H groups in total. The van der Waals surface area contributed by atoms with Crippen molar-refractivity contribution in [2.45, 2.75) is 65.4 Å². The van der Waals surface area contributed by atoms with Gasteiger partial charge in [0, 0.05) is 18.7 Å². The van der Waals surface area contributed by atoms with Crippen LogP contribution in [0.4, 0.5) is 0 Å². The third kappa shape index (κ3) is 5.21. The molecule has 0 saturated carbocycles. The van der Waals surface area contributed by atoms with Crippen LogP contribution in [0, 0.1) is 10.8 Å². The van der Waals surface area contributed by atoms with Gasteiger partial charge in [0.05, 0.1) is 12.3 Å². The molecule has 0 bridgehead atoms. The first kappa shape index (κ1) is 26.4. The van der Waals surface area contributed by atoms with E-state index in [0.29, 0.717) is 13.0 Å². The summed E-state index contributed by atoms with van der Waals surface area (Å²) in [6.07, 6.45) is 1.67. The summed E-state index contributed by atoms with van der Waals surface area (Å²) >= 11 is 0. The van der Waals surface area contributed by atoms with E-state index in [4.69, 9.17) is 0 Å². The fraction of sp³-hybridized carbons (Fsp3) is 0.565. The molecule has 2 aliphatic rings. The largest absolute Gasteiger partial charge is 0.509 e. The molecule has 9 nitrogen and oxygen atoms in total. The van der Waals surface area contributed by atoms with E-state index in [-0.39, 0.29) is 45.0 Å². The van der Waals surface area contributed by atoms with Gasteiger partial charge >= 0.3 is 0 Å². The number of aliphatic hydroxyl groups is 1. The van der Waals surface area contributed by atoms with Crippen molar-refractivity contribution in [3.63, 3.8) is 0 Å². The number of amides is 1. The van der Waals surface area contributed by atoms with E-state index >= 15 is 0 Å². The number of benzene rings is 1. The average molecular weight is 512 g/mol. The number of sulfonamides is 2. The molecule has 34 heavy (non-hydrogen) atoms. The number of aliphatic hydroxyl groups excluding tert-OH is 1. The third-order valence-electron chi connectivity index (χ3n) is 5.81. The van der Waals surface area contributed by atoms with Crippen LogP contribution in [0.3, 0.4) is 0 Å². The van der Waals surface area contributed by atoms with Crippen LogP contribution >= 0.6 is 0 Å². The molecule has 0 fully saturated rings. The highest BCUT2D eigenvalue weighted by Gasteiger charge is 2.49. The van der Waals surface area contributed by atoms with Crippen molar-refractivity contribution in [3.8, 4) is 0 Å². The molecular formula is C23H33N3O6S2. The summed E-state index contributed by atoms with van der Waals surface area (Å²) in [6.45, 7) is 12.0. The SMILES string of the molecule is CC(C)(C)CCN1C(=O)C(C2=NS(=O)(=O)c3c(CNS(C)(=O)=O)cccc32)=C(O)[C@@H]1C(C)(C)C. The van der Waals surface area contributed by atoms with Gasteiger partial charge in [0.25, 0.3) is 15.9 Å². The second kappa shape index (κ2) is 8.46. The minimum absolute atomic E-state index is 0.0522. The van der Waals surface area contributed by atoms with Crippen molar-refractivity contribution in [3.05, 3.63) is 40.7 Å². The van der Waals surface area contributed by atoms with Crippen molar-refractivity contribution < 1.29 is 26.7 Å². The lowest BCUT2D eigenvalue weighted by Crippen LogP contribution is -2.45. The lowest BCUT2D eigenvalue weighted by Gasteiger charge is -2.36. The van der Waals surface area contributed by atoms with Gasteiger partial charge in [0.1, 0.15) is 21.9 Å².